The van der Waals surface area contributed by atoms with E-state index >= 15 is 0 Å². The van der Waals surface area contributed by atoms with Gasteiger partial charge in [0.15, 0.2) is 0 Å². The minimum atomic E-state index is -0.309. The minimum Gasteiger partial charge on any atom is -0.453 e. The number of hydrogen-bond donors (Lipinski definition) is 0. The Balaban J connectivity index is 2.34. The standard InChI is InChI=1S/C13H21NO3/c1-12(2)9-8(15)6-7-14(11(16)17-5)10(9)13(12,3)4/h9-10H,6-7H2,1-5H3/t9-,10+/m0/s1. The molecule has 2 aliphatic rings. The lowest BCUT2D eigenvalue weighted by molar-refractivity contribution is -0.194. The van der Waals surface area contributed by atoms with Gasteiger partial charge in [-0.2, -0.15) is 0 Å². The molecule has 1 aliphatic heterocycles. The van der Waals surface area contributed by atoms with Crippen LogP contribution in [0.1, 0.15) is 34.1 Å². The smallest absolute Gasteiger partial charge is 0.409 e. The van der Waals surface area contributed by atoms with Crippen LogP contribution in [-0.4, -0.2) is 36.5 Å². The van der Waals surface area contributed by atoms with Crippen molar-refractivity contribution >= 4 is 11.9 Å². The van der Waals surface area contributed by atoms with Crippen LogP contribution in [0.25, 0.3) is 0 Å². The van der Waals surface area contributed by atoms with Crippen molar-refractivity contribution in [3.05, 3.63) is 0 Å². The fourth-order valence-corrected chi connectivity index (χ4v) is 3.49. The van der Waals surface area contributed by atoms with Crippen LogP contribution >= 0.6 is 0 Å². The normalized spacial score (nSPS) is 33.7. The van der Waals surface area contributed by atoms with Gasteiger partial charge in [0.25, 0.3) is 0 Å². The van der Waals surface area contributed by atoms with E-state index < -0.39 is 0 Å². The summed E-state index contributed by atoms with van der Waals surface area (Å²) in [6.07, 6.45) is 0.145. The molecule has 4 nitrogen and oxygen atoms in total. The van der Waals surface area contributed by atoms with Gasteiger partial charge >= 0.3 is 6.09 Å². The predicted octanol–water partition coefficient (Wildman–Crippen LogP) is 2.08. The lowest BCUT2D eigenvalue weighted by Crippen LogP contribution is -2.74. The zero-order chi connectivity index (χ0) is 13.0. The molecule has 0 aromatic rings. The maximum absolute atomic E-state index is 12.0. The van der Waals surface area contributed by atoms with Crippen LogP contribution in [-0.2, 0) is 9.53 Å². The molecule has 1 saturated carbocycles. The average Bonchev–Trinajstić information content (AvgIpc) is 2.27. The molecule has 1 saturated heterocycles. The highest BCUT2D eigenvalue weighted by Crippen LogP contribution is 2.63. The maximum Gasteiger partial charge on any atom is 0.409 e. The van der Waals surface area contributed by atoms with E-state index in [4.69, 9.17) is 4.74 Å². The second-order valence-corrected chi connectivity index (χ2v) is 6.25. The van der Waals surface area contributed by atoms with Gasteiger partial charge in [0.2, 0.25) is 0 Å². The molecular formula is C13H21NO3. The van der Waals surface area contributed by atoms with Gasteiger partial charge in [-0.25, -0.2) is 4.79 Å². The summed E-state index contributed by atoms with van der Waals surface area (Å²) in [5.74, 6) is 0.254. The number of likely N-dealkylation sites (tertiary alicyclic amines) is 1. The number of ketones is 1. The molecule has 2 atom stereocenters. The van der Waals surface area contributed by atoms with Crippen molar-refractivity contribution in [3.8, 4) is 0 Å². The second kappa shape index (κ2) is 3.47. The van der Waals surface area contributed by atoms with Crippen molar-refractivity contribution in [1.82, 2.24) is 4.90 Å². The lowest BCUT2D eigenvalue weighted by atomic mass is 9.41. The third kappa shape index (κ3) is 1.36. The number of amides is 1. The fourth-order valence-electron chi connectivity index (χ4n) is 3.49. The molecule has 1 heterocycles. The molecule has 4 heteroatoms. The zero-order valence-corrected chi connectivity index (χ0v) is 11.2. The van der Waals surface area contributed by atoms with Gasteiger partial charge in [-0.05, 0) is 10.8 Å². The van der Waals surface area contributed by atoms with Gasteiger partial charge in [0.05, 0.1) is 13.2 Å². The van der Waals surface area contributed by atoms with E-state index in [9.17, 15) is 9.59 Å². The van der Waals surface area contributed by atoms with Crippen LogP contribution in [0.5, 0.6) is 0 Å². The number of methoxy groups -OCH3 is 1. The van der Waals surface area contributed by atoms with Crippen molar-refractivity contribution in [3.63, 3.8) is 0 Å². The topological polar surface area (TPSA) is 46.6 Å². The van der Waals surface area contributed by atoms with Gasteiger partial charge in [0, 0.05) is 18.9 Å². The first kappa shape index (κ1) is 12.4. The summed E-state index contributed by atoms with van der Waals surface area (Å²) in [7, 11) is 1.39. The van der Waals surface area contributed by atoms with E-state index in [0.717, 1.165) is 0 Å². The first-order valence-corrected chi connectivity index (χ1v) is 6.12. The van der Waals surface area contributed by atoms with E-state index in [2.05, 4.69) is 27.7 Å². The number of ether oxygens (including phenoxy) is 1. The Kier molecular flexibility index (Phi) is 2.53. The Labute approximate surface area is 102 Å². The number of piperidine rings is 1. The SMILES string of the molecule is COC(=O)N1CCC(=O)[C@H]2[C@@H]1C(C)(C)C2(C)C. The average molecular weight is 239 g/mol. The monoisotopic (exact) mass is 239 g/mol. The molecule has 2 fully saturated rings. The van der Waals surface area contributed by atoms with Crippen molar-refractivity contribution in [2.45, 2.75) is 40.2 Å². The highest BCUT2D eigenvalue weighted by Gasteiger charge is 2.68. The molecule has 0 spiro atoms. The number of nitrogens with zero attached hydrogens (tertiary/aromatic N) is 1. The molecule has 1 aliphatic carbocycles. The highest BCUT2D eigenvalue weighted by molar-refractivity contribution is 5.87. The molecule has 1 amide bonds. The molecule has 0 unspecified atom stereocenters. The van der Waals surface area contributed by atoms with E-state index in [1.54, 1.807) is 4.90 Å². The Morgan fingerprint density at radius 3 is 2.41 bits per heavy atom. The van der Waals surface area contributed by atoms with Crippen LogP contribution < -0.4 is 0 Å². The van der Waals surface area contributed by atoms with Crippen molar-refractivity contribution < 1.29 is 14.3 Å². The number of hydrogen-bond acceptors (Lipinski definition) is 3. The highest BCUT2D eigenvalue weighted by atomic mass is 16.5. The van der Waals surface area contributed by atoms with Crippen molar-refractivity contribution in [1.29, 1.82) is 0 Å². The van der Waals surface area contributed by atoms with Crippen molar-refractivity contribution in [2.24, 2.45) is 16.7 Å². The molecule has 0 radical (unpaired) electrons. The number of carbonyl (C=O) groups is 2. The quantitative estimate of drug-likeness (QED) is 0.650. The largest absolute Gasteiger partial charge is 0.453 e. The van der Waals surface area contributed by atoms with E-state index in [1.807, 2.05) is 0 Å². The summed E-state index contributed by atoms with van der Waals surface area (Å²) in [4.78, 5) is 25.5. The third-order valence-corrected chi connectivity index (χ3v) is 5.18. The second-order valence-electron chi connectivity index (χ2n) is 6.25. The number of fused-ring (bicyclic) bond motifs is 1. The molecule has 0 aromatic carbocycles. The van der Waals surface area contributed by atoms with Gasteiger partial charge in [-0.15, -0.1) is 0 Å². The Morgan fingerprint density at radius 2 is 1.88 bits per heavy atom. The van der Waals surface area contributed by atoms with E-state index in [1.165, 1.54) is 7.11 Å². The molecule has 17 heavy (non-hydrogen) atoms. The van der Waals surface area contributed by atoms with Crippen LogP contribution in [0.2, 0.25) is 0 Å². The molecule has 0 bridgehead atoms. The fraction of sp³-hybridized carbons (Fsp3) is 0.846. The van der Waals surface area contributed by atoms with E-state index in [-0.39, 0.29) is 28.9 Å². The first-order valence-electron chi connectivity index (χ1n) is 6.12. The Morgan fingerprint density at radius 1 is 1.29 bits per heavy atom. The summed E-state index contributed by atoms with van der Waals surface area (Å²) in [5, 5.41) is 0. The molecule has 96 valence electrons. The van der Waals surface area contributed by atoms with Crippen molar-refractivity contribution in [2.75, 3.05) is 13.7 Å². The summed E-state index contributed by atoms with van der Waals surface area (Å²) < 4.78 is 4.81. The Hall–Kier alpha value is -1.06. The minimum absolute atomic E-state index is 0.00815. The lowest BCUT2D eigenvalue weighted by Gasteiger charge is -2.68. The van der Waals surface area contributed by atoms with Gasteiger partial charge in [-0.1, -0.05) is 27.7 Å². The third-order valence-electron chi connectivity index (χ3n) is 5.18. The van der Waals surface area contributed by atoms with Gasteiger partial charge in [0.1, 0.15) is 5.78 Å². The number of carbonyl (C=O) groups excluding carboxylic acids is 2. The molecule has 0 N–H and O–H groups in total. The summed E-state index contributed by atoms with van der Waals surface area (Å²) in [5.41, 5.74) is -0.108. The summed E-state index contributed by atoms with van der Waals surface area (Å²) >= 11 is 0. The molecule has 2 rings (SSSR count). The number of Topliss-reactive ketones (excluding diaryl/α,β-unsaturated/α-hetero) is 1. The zero-order valence-electron chi connectivity index (χ0n) is 11.2. The molecule has 0 aromatic heterocycles. The van der Waals surface area contributed by atoms with E-state index in [0.29, 0.717) is 18.7 Å². The Bertz CT molecular complexity index is 373. The van der Waals surface area contributed by atoms with Gasteiger partial charge < -0.3 is 9.64 Å². The van der Waals surface area contributed by atoms with Crippen LogP contribution in [0.3, 0.4) is 0 Å². The molecular weight excluding hydrogens is 218 g/mol. The predicted molar refractivity (Wildman–Crippen MR) is 63.6 cm³/mol. The van der Waals surface area contributed by atoms with Crippen LogP contribution in [0.15, 0.2) is 0 Å². The maximum atomic E-state index is 12.0. The van der Waals surface area contributed by atoms with Crippen LogP contribution in [0.4, 0.5) is 4.79 Å². The van der Waals surface area contributed by atoms with Crippen LogP contribution in [0, 0.1) is 16.7 Å². The number of rotatable bonds is 0. The first-order chi connectivity index (χ1) is 7.75. The summed E-state index contributed by atoms with van der Waals surface area (Å²) in [6, 6.07) is -0.00815. The summed E-state index contributed by atoms with van der Waals surface area (Å²) in [6.45, 7) is 8.98. The van der Waals surface area contributed by atoms with Gasteiger partial charge in [-0.3, -0.25) is 4.79 Å².